The van der Waals surface area contributed by atoms with Crippen molar-refractivity contribution in [2.24, 2.45) is 5.92 Å². The predicted molar refractivity (Wildman–Crippen MR) is 138 cm³/mol. The Hall–Kier alpha value is -1.70. The van der Waals surface area contributed by atoms with E-state index in [2.05, 4.69) is 17.6 Å². The molecule has 2 rings (SSSR count). The molecule has 1 saturated carbocycles. The zero-order chi connectivity index (χ0) is 24.6. The molecule has 1 unspecified atom stereocenters. The van der Waals surface area contributed by atoms with E-state index in [-0.39, 0.29) is 23.3 Å². The average Bonchev–Trinajstić information content (AvgIpc) is 2.83. The minimum absolute atomic E-state index is 0.0685. The maximum Gasteiger partial charge on any atom is 0.308 e. The third kappa shape index (κ3) is 11.2. The van der Waals surface area contributed by atoms with Crippen LogP contribution in [0.25, 0.3) is 0 Å². The lowest BCUT2D eigenvalue weighted by Gasteiger charge is -2.36. The maximum absolute atomic E-state index is 12.5. The number of amides is 2. The number of hydrogen-bond acceptors (Lipinski definition) is 5. The summed E-state index contributed by atoms with van der Waals surface area (Å²) in [5.74, 6) is -0.148. The van der Waals surface area contributed by atoms with Crippen LogP contribution >= 0.6 is 12.2 Å². The van der Waals surface area contributed by atoms with Gasteiger partial charge in [0.25, 0.3) is 0 Å². The van der Waals surface area contributed by atoms with Crippen LogP contribution < -0.4 is 10.6 Å². The summed E-state index contributed by atoms with van der Waals surface area (Å²) in [5.41, 5.74) is 0. The van der Waals surface area contributed by atoms with Gasteiger partial charge in [-0.25, -0.2) is 0 Å². The van der Waals surface area contributed by atoms with Crippen molar-refractivity contribution in [2.45, 2.75) is 116 Å². The van der Waals surface area contributed by atoms with E-state index < -0.39 is 12.0 Å². The number of carbonyl (C=O) groups is 3. The number of nitrogens with one attached hydrogen (secondary N) is 2. The molecule has 1 aliphatic heterocycles. The van der Waals surface area contributed by atoms with Crippen LogP contribution in [0.1, 0.15) is 110 Å². The molecule has 0 aromatic carbocycles. The van der Waals surface area contributed by atoms with E-state index in [9.17, 15) is 14.4 Å². The molecule has 34 heavy (non-hydrogen) atoms. The summed E-state index contributed by atoms with van der Waals surface area (Å²) >= 11 is 5.44. The van der Waals surface area contributed by atoms with Crippen LogP contribution in [0.4, 0.5) is 0 Å². The van der Waals surface area contributed by atoms with Gasteiger partial charge in [0.15, 0.2) is 5.11 Å². The molecular formula is C26H45N3O4S. The topological polar surface area (TPSA) is 87.7 Å². The molecule has 1 saturated heterocycles. The zero-order valence-electron chi connectivity index (χ0n) is 21.1. The second-order valence-electron chi connectivity index (χ2n) is 9.80. The molecular weight excluding hydrogens is 450 g/mol. The zero-order valence-corrected chi connectivity index (χ0v) is 21.9. The molecule has 0 spiro atoms. The van der Waals surface area contributed by atoms with Crippen molar-refractivity contribution in [3.8, 4) is 0 Å². The molecule has 2 amide bonds. The highest BCUT2D eigenvalue weighted by atomic mass is 32.1. The van der Waals surface area contributed by atoms with Gasteiger partial charge in [0, 0.05) is 19.5 Å². The molecule has 1 aliphatic carbocycles. The van der Waals surface area contributed by atoms with Crippen LogP contribution in [0, 0.1) is 5.92 Å². The number of piperazine rings is 1. The van der Waals surface area contributed by atoms with Crippen molar-refractivity contribution in [2.75, 3.05) is 19.7 Å². The van der Waals surface area contributed by atoms with E-state index >= 15 is 0 Å². The van der Waals surface area contributed by atoms with E-state index in [1.807, 2.05) is 0 Å². The molecule has 0 aromatic rings. The van der Waals surface area contributed by atoms with Gasteiger partial charge in [0.1, 0.15) is 6.04 Å². The van der Waals surface area contributed by atoms with Crippen molar-refractivity contribution in [3.63, 3.8) is 0 Å². The van der Waals surface area contributed by atoms with Crippen LogP contribution in [0.3, 0.4) is 0 Å². The third-order valence-corrected chi connectivity index (χ3v) is 7.30. The van der Waals surface area contributed by atoms with Crippen molar-refractivity contribution in [1.29, 1.82) is 0 Å². The predicted octanol–water partition coefficient (Wildman–Crippen LogP) is 4.62. The van der Waals surface area contributed by atoms with Gasteiger partial charge >= 0.3 is 5.97 Å². The van der Waals surface area contributed by atoms with E-state index in [4.69, 9.17) is 17.0 Å². The van der Waals surface area contributed by atoms with Crippen molar-refractivity contribution < 1.29 is 19.1 Å². The average molecular weight is 496 g/mol. The Morgan fingerprint density at radius 3 is 2.44 bits per heavy atom. The molecule has 2 fully saturated rings. The minimum Gasteiger partial charge on any atom is -0.466 e. The lowest BCUT2D eigenvalue weighted by Crippen LogP contribution is -2.60. The molecule has 8 heteroatoms. The molecule has 2 N–H and O–H groups in total. The molecule has 1 atom stereocenters. The van der Waals surface area contributed by atoms with Gasteiger partial charge < -0.3 is 20.3 Å². The van der Waals surface area contributed by atoms with E-state index in [0.717, 1.165) is 25.7 Å². The van der Waals surface area contributed by atoms with E-state index in [0.29, 0.717) is 32.0 Å². The second kappa shape index (κ2) is 16.8. The summed E-state index contributed by atoms with van der Waals surface area (Å²) < 4.78 is 5.38. The fourth-order valence-corrected chi connectivity index (χ4v) is 5.20. The van der Waals surface area contributed by atoms with Gasteiger partial charge in [-0.1, -0.05) is 84.0 Å². The van der Waals surface area contributed by atoms with Gasteiger partial charge in [-0.15, -0.1) is 0 Å². The van der Waals surface area contributed by atoms with Crippen LogP contribution in [0.5, 0.6) is 0 Å². The SMILES string of the molecule is CCCCCCCCCCOC(=O)CC1C(=O)NCCN1C(=S)NC(=O)CCC1CCCCC1. The first-order chi connectivity index (χ1) is 16.5. The summed E-state index contributed by atoms with van der Waals surface area (Å²) in [6, 6.07) is -0.744. The number of esters is 1. The molecule has 1 heterocycles. The smallest absolute Gasteiger partial charge is 0.308 e. The van der Waals surface area contributed by atoms with Crippen molar-refractivity contribution in [3.05, 3.63) is 0 Å². The van der Waals surface area contributed by atoms with Crippen molar-refractivity contribution >= 4 is 35.1 Å². The minimum atomic E-state index is -0.744. The summed E-state index contributed by atoms with van der Waals surface area (Å²) in [6.45, 7) is 3.49. The van der Waals surface area contributed by atoms with Gasteiger partial charge in [0.2, 0.25) is 11.8 Å². The van der Waals surface area contributed by atoms with Gasteiger partial charge in [-0.3, -0.25) is 14.4 Å². The first kappa shape index (κ1) is 28.5. The molecule has 194 valence electrons. The van der Waals surface area contributed by atoms with Gasteiger partial charge in [0.05, 0.1) is 13.0 Å². The highest BCUT2D eigenvalue weighted by Gasteiger charge is 2.34. The summed E-state index contributed by atoms with van der Waals surface area (Å²) in [7, 11) is 0. The normalized spacial score (nSPS) is 18.9. The van der Waals surface area contributed by atoms with E-state index in [1.165, 1.54) is 64.2 Å². The second-order valence-corrected chi connectivity index (χ2v) is 10.2. The largest absolute Gasteiger partial charge is 0.466 e. The maximum atomic E-state index is 12.5. The van der Waals surface area contributed by atoms with Gasteiger partial charge in [-0.05, 0) is 31.0 Å². The Morgan fingerprint density at radius 2 is 1.74 bits per heavy atom. The Labute approximate surface area is 211 Å². The van der Waals surface area contributed by atoms with Gasteiger partial charge in [-0.2, -0.15) is 0 Å². The highest BCUT2D eigenvalue weighted by molar-refractivity contribution is 7.80. The number of rotatable bonds is 14. The monoisotopic (exact) mass is 495 g/mol. The number of unbranched alkanes of at least 4 members (excludes halogenated alkanes) is 7. The molecule has 0 bridgehead atoms. The van der Waals surface area contributed by atoms with Crippen molar-refractivity contribution in [1.82, 2.24) is 15.5 Å². The van der Waals surface area contributed by atoms with Crippen LogP contribution in [0.2, 0.25) is 0 Å². The van der Waals surface area contributed by atoms with E-state index in [1.54, 1.807) is 4.90 Å². The fraction of sp³-hybridized carbons (Fsp3) is 0.846. The standard InChI is InChI=1S/C26H45N3O4S/c1-2-3-4-5-6-7-8-12-19-33-24(31)20-22-25(32)27-17-18-29(22)26(34)28-23(30)16-15-21-13-10-9-11-14-21/h21-22H,2-20H2,1H3,(H,27,32)(H,28,30,34). The molecule has 0 aromatic heterocycles. The summed E-state index contributed by atoms with van der Waals surface area (Å²) in [4.78, 5) is 38.9. The van der Waals surface area contributed by atoms with Crippen LogP contribution in [-0.2, 0) is 19.1 Å². The first-order valence-corrected chi connectivity index (χ1v) is 14.0. The lowest BCUT2D eigenvalue weighted by molar-refractivity contribution is -0.147. The third-order valence-electron chi connectivity index (χ3n) is 6.96. The summed E-state index contributed by atoms with van der Waals surface area (Å²) in [5, 5.41) is 5.80. The molecule has 2 aliphatic rings. The quantitative estimate of drug-likeness (QED) is 0.208. The van der Waals surface area contributed by atoms with Crippen LogP contribution in [0.15, 0.2) is 0 Å². The highest BCUT2D eigenvalue weighted by Crippen LogP contribution is 2.27. The lowest BCUT2D eigenvalue weighted by atomic mass is 9.86. The first-order valence-electron chi connectivity index (χ1n) is 13.5. The van der Waals surface area contributed by atoms with Crippen LogP contribution in [-0.4, -0.2) is 53.5 Å². The Morgan fingerprint density at radius 1 is 1.06 bits per heavy atom. The Balaban J connectivity index is 1.68. The number of carbonyl (C=O) groups excluding carboxylic acids is 3. The fourth-order valence-electron chi connectivity index (χ4n) is 4.86. The number of ether oxygens (including phenoxy) is 1. The molecule has 0 radical (unpaired) electrons. The Kier molecular flexibility index (Phi) is 14.1. The number of nitrogens with zero attached hydrogens (tertiary/aromatic N) is 1. The number of hydrogen-bond donors (Lipinski definition) is 2. The summed E-state index contributed by atoms with van der Waals surface area (Å²) in [6.07, 6.45) is 16.9. The molecule has 7 nitrogen and oxygen atoms in total. The Bertz CT molecular complexity index is 652. The number of thiocarbonyl (C=S) groups is 1.